The molecule has 0 unspecified atom stereocenters. The van der Waals surface area contributed by atoms with E-state index in [4.69, 9.17) is 0 Å². The van der Waals surface area contributed by atoms with Crippen molar-refractivity contribution in [2.75, 3.05) is 18.6 Å². The zero-order valence-corrected chi connectivity index (χ0v) is 14.4. The third-order valence-electron chi connectivity index (χ3n) is 3.53. The lowest BCUT2D eigenvalue weighted by Gasteiger charge is -2.23. The summed E-state index contributed by atoms with van der Waals surface area (Å²) in [5, 5.41) is 0. The zero-order chi connectivity index (χ0) is 15.1. The molecule has 1 aromatic rings. The maximum atomic E-state index is 12.6. The number of halogens is 1. The van der Waals surface area contributed by atoms with Gasteiger partial charge in [-0.15, -0.1) is 0 Å². The highest BCUT2D eigenvalue weighted by Crippen LogP contribution is 2.27. The molecule has 0 aromatic heterocycles. The zero-order valence-electron chi connectivity index (χ0n) is 11.2. The molecule has 0 N–H and O–H groups in total. The lowest BCUT2D eigenvalue weighted by molar-refractivity contribution is 0.393. The number of hydrogen-bond donors (Lipinski definition) is 0. The van der Waals surface area contributed by atoms with E-state index >= 15 is 0 Å². The first kappa shape index (κ1) is 15.9. The Bertz CT molecular complexity index is 728. The van der Waals surface area contributed by atoms with Crippen LogP contribution in [0.15, 0.2) is 27.6 Å². The van der Waals surface area contributed by atoms with Crippen molar-refractivity contribution in [1.82, 2.24) is 4.31 Å². The van der Waals surface area contributed by atoms with Crippen molar-refractivity contribution in [2.24, 2.45) is 0 Å². The fourth-order valence-corrected chi connectivity index (χ4v) is 6.28. The third kappa shape index (κ3) is 3.08. The van der Waals surface area contributed by atoms with Crippen LogP contribution < -0.4 is 0 Å². The average Bonchev–Trinajstić information content (AvgIpc) is 2.71. The van der Waals surface area contributed by atoms with E-state index in [2.05, 4.69) is 15.9 Å². The van der Waals surface area contributed by atoms with Gasteiger partial charge in [0.2, 0.25) is 10.0 Å². The fourth-order valence-electron chi connectivity index (χ4n) is 2.27. The summed E-state index contributed by atoms with van der Waals surface area (Å²) >= 11 is 3.26. The van der Waals surface area contributed by atoms with E-state index in [-0.39, 0.29) is 16.4 Å². The van der Waals surface area contributed by atoms with Gasteiger partial charge in [-0.1, -0.05) is 22.0 Å². The molecule has 0 spiro atoms. The van der Waals surface area contributed by atoms with E-state index in [1.54, 1.807) is 25.1 Å². The molecule has 1 atom stereocenters. The van der Waals surface area contributed by atoms with Crippen LogP contribution in [0.3, 0.4) is 0 Å². The van der Waals surface area contributed by atoms with Crippen LogP contribution in [0.4, 0.5) is 0 Å². The maximum absolute atomic E-state index is 12.6. The highest BCUT2D eigenvalue weighted by Gasteiger charge is 2.36. The number of nitrogens with zero attached hydrogens (tertiary/aromatic N) is 1. The molecule has 1 saturated heterocycles. The molecule has 0 saturated carbocycles. The van der Waals surface area contributed by atoms with Crippen LogP contribution in [-0.2, 0) is 19.9 Å². The third-order valence-corrected chi connectivity index (χ3v) is 7.83. The van der Waals surface area contributed by atoms with Crippen LogP contribution in [0.5, 0.6) is 0 Å². The van der Waals surface area contributed by atoms with E-state index < -0.39 is 25.9 Å². The van der Waals surface area contributed by atoms with E-state index in [0.29, 0.717) is 16.5 Å². The second-order valence-electron chi connectivity index (χ2n) is 4.99. The number of benzene rings is 1. The van der Waals surface area contributed by atoms with Crippen molar-refractivity contribution in [3.8, 4) is 0 Å². The summed E-state index contributed by atoms with van der Waals surface area (Å²) in [5.41, 5.74) is 0.640. The molecule has 112 valence electrons. The molecule has 0 bridgehead atoms. The van der Waals surface area contributed by atoms with E-state index in [1.807, 2.05) is 0 Å². The molecule has 5 nitrogen and oxygen atoms in total. The van der Waals surface area contributed by atoms with Gasteiger partial charge in [0.1, 0.15) is 0 Å². The van der Waals surface area contributed by atoms with Crippen molar-refractivity contribution in [1.29, 1.82) is 0 Å². The van der Waals surface area contributed by atoms with Crippen LogP contribution >= 0.6 is 15.9 Å². The van der Waals surface area contributed by atoms with Gasteiger partial charge in [-0.05, 0) is 31.0 Å². The van der Waals surface area contributed by atoms with Crippen LogP contribution in [0, 0.1) is 6.92 Å². The van der Waals surface area contributed by atoms with Gasteiger partial charge >= 0.3 is 0 Å². The summed E-state index contributed by atoms with van der Waals surface area (Å²) in [4.78, 5) is 0.207. The Hall–Kier alpha value is -0.440. The summed E-state index contributed by atoms with van der Waals surface area (Å²) in [6, 6.07) is 4.55. The molecular weight excluding hydrogens is 366 g/mol. The van der Waals surface area contributed by atoms with Crippen molar-refractivity contribution >= 4 is 35.8 Å². The van der Waals surface area contributed by atoms with Gasteiger partial charge < -0.3 is 0 Å². The highest BCUT2D eigenvalue weighted by atomic mass is 79.9. The molecule has 0 amide bonds. The number of hydrogen-bond acceptors (Lipinski definition) is 4. The first-order valence-corrected chi connectivity index (χ1v) is 10.1. The maximum Gasteiger partial charge on any atom is 0.243 e. The normalized spacial score (nSPS) is 22.3. The van der Waals surface area contributed by atoms with Crippen LogP contribution in [-0.4, -0.2) is 45.7 Å². The van der Waals surface area contributed by atoms with Crippen molar-refractivity contribution in [2.45, 2.75) is 24.3 Å². The van der Waals surface area contributed by atoms with E-state index in [1.165, 1.54) is 11.4 Å². The van der Waals surface area contributed by atoms with Gasteiger partial charge in [-0.25, -0.2) is 16.8 Å². The minimum absolute atomic E-state index is 0.0506. The molecule has 2 rings (SSSR count). The quantitative estimate of drug-likeness (QED) is 0.796. The SMILES string of the molecule is Cc1ccc(Br)cc1S(=O)(=O)N(C)[C@@H]1CCS(=O)(=O)C1. The number of sulfonamides is 1. The van der Waals surface area contributed by atoms with Crippen LogP contribution in [0.2, 0.25) is 0 Å². The Morgan fingerprint density at radius 3 is 2.55 bits per heavy atom. The highest BCUT2D eigenvalue weighted by molar-refractivity contribution is 9.10. The molecule has 8 heteroatoms. The second-order valence-corrected chi connectivity index (χ2v) is 10.1. The molecular formula is C12H16BrNO4S2. The standard InChI is InChI=1S/C12H16BrNO4S2/c1-9-3-4-10(13)7-12(9)20(17,18)14(2)11-5-6-19(15,16)8-11/h3-4,7,11H,5-6,8H2,1-2H3/t11-/m1/s1. The van der Waals surface area contributed by atoms with Gasteiger partial charge in [-0.2, -0.15) is 4.31 Å². The van der Waals surface area contributed by atoms with Crippen molar-refractivity contribution in [3.05, 3.63) is 28.2 Å². The number of aryl methyl sites for hydroxylation is 1. The predicted octanol–water partition coefficient (Wildman–Crippen LogP) is 1.57. The smallest absolute Gasteiger partial charge is 0.229 e. The van der Waals surface area contributed by atoms with Crippen LogP contribution in [0.1, 0.15) is 12.0 Å². The molecule has 20 heavy (non-hydrogen) atoms. The Balaban J connectivity index is 2.38. The monoisotopic (exact) mass is 381 g/mol. The molecule has 1 heterocycles. The molecule has 1 aromatic carbocycles. The Kier molecular flexibility index (Phi) is 4.30. The molecule has 1 aliphatic rings. The summed E-state index contributed by atoms with van der Waals surface area (Å²) < 4.78 is 50.1. The van der Waals surface area contributed by atoms with Gasteiger partial charge in [0.15, 0.2) is 9.84 Å². The Morgan fingerprint density at radius 1 is 1.35 bits per heavy atom. The molecule has 1 aliphatic heterocycles. The summed E-state index contributed by atoms with van der Waals surface area (Å²) in [7, 11) is -5.36. The minimum atomic E-state index is -3.69. The van der Waals surface area contributed by atoms with E-state index in [0.717, 1.165) is 0 Å². The first-order valence-electron chi connectivity index (χ1n) is 6.08. The Labute approximate surface area is 128 Å². The summed E-state index contributed by atoms with van der Waals surface area (Å²) in [6.07, 6.45) is 0.352. The average molecular weight is 382 g/mol. The molecule has 0 aliphatic carbocycles. The lowest BCUT2D eigenvalue weighted by atomic mass is 10.2. The van der Waals surface area contributed by atoms with Crippen molar-refractivity contribution < 1.29 is 16.8 Å². The topological polar surface area (TPSA) is 71.5 Å². The lowest BCUT2D eigenvalue weighted by Crippen LogP contribution is -2.38. The number of sulfone groups is 1. The minimum Gasteiger partial charge on any atom is -0.229 e. The predicted molar refractivity (Wildman–Crippen MR) is 80.9 cm³/mol. The molecule has 1 fully saturated rings. The fraction of sp³-hybridized carbons (Fsp3) is 0.500. The largest absolute Gasteiger partial charge is 0.243 e. The molecule has 0 radical (unpaired) electrons. The Morgan fingerprint density at radius 2 is 2.00 bits per heavy atom. The summed E-state index contributed by atoms with van der Waals surface area (Å²) in [6.45, 7) is 1.72. The van der Waals surface area contributed by atoms with Gasteiger partial charge in [0, 0.05) is 17.6 Å². The van der Waals surface area contributed by atoms with Gasteiger partial charge in [-0.3, -0.25) is 0 Å². The first-order chi connectivity index (χ1) is 9.13. The van der Waals surface area contributed by atoms with Gasteiger partial charge in [0.25, 0.3) is 0 Å². The van der Waals surface area contributed by atoms with E-state index in [9.17, 15) is 16.8 Å². The summed E-state index contributed by atoms with van der Waals surface area (Å²) in [5.74, 6) is -0.0508. The number of rotatable bonds is 3. The second kappa shape index (κ2) is 5.40. The van der Waals surface area contributed by atoms with Crippen molar-refractivity contribution in [3.63, 3.8) is 0 Å². The van der Waals surface area contributed by atoms with Crippen LogP contribution in [0.25, 0.3) is 0 Å². The van der Waals surface area contributed by atoms with Gasteiger partial charge in [0.05, 0.1) is 16.4 Å².